The van der Waals surface area contributed by atoms with Crippen LogP contribution in [0.4, 0.5) is 11.5 Å². The van der Waals surface area contributed by atoms with Crippen molar-refractivity contribution in [2.75, 3.05) is 5.32 Å². The molecule has 0 saturated carbocycles. The molecule has 0 bridgehead atoms. The van der Waals surface area contributed by atoms with Crippen LogP contribution in [0.3, 0.4) is 0 Å². The zero-order valence-corrected chi connectivity index (χ0v) is 12.5. The maximum absolute atomic E-state index is 12.1. The first-order valence-corrected chi connectivity index (χ1v) is 6.99. The predicted octanol–water partition coefficient (Wildman–Crippen LogP) is 2.31. The molecule has 0 fully saturated rings. The average molecular weight is 309 g/mol. The highest BCUT2D eigenvalue weighted by molar-refractivity contribution is 5.90. The summed E-state index contributed by atoms with van der Waals surface area (Å²) >= 11 is 0. The molecule has 3 aromatic rings. The number of carbonyl (C=O) groups is 1. The Morgan fingerprint density at radius 1 is 1.26 bits per heavy atom. The fraction of sp³-hybridized carbons (Fsp3) is 0.125. The van der Waals surface area contributed by atoms with E-state index in [0.717, 1.165) is 5.69 Å². The van der Waals surface area contributed by atoms with Gasteiger partial charge in [0, 0.05) is 37.5 Å². The van der Waals surface area contributed by atoms with Crippen LogP contribution in [-0.4, -0.2) is 25.5 Å². The van der Waals surface area contributed by atoms with E-state index in [2.05, 4.69) is 20.3 Å². The van der Waals surface area contributed by atoms with Crippen molar-refractivity contribution in [3.05, 3.63) is 66.6 Å². The number of nitrogens with one attached hydrogen (secondary N) is 1. The lowest BCUT2D eigenvalue weighted by atomic mass is 10.2. The van der Waals surface area contributed by atoms with E-state index in [4.69, 9.17) is 4.74 Å². The number of nitrogens with zero attached hydrogens (tertiary/aromatic N) is 4. The van der Waals surface area contributed by atoms with Crippen LogP contribution in [-0.2, 0) is 18.4 Å². The molecule has 7 nitrogen and oxygen atoms in total. The molecule has 1 aromatic carbocycles. The molecule has 0 amide bonds. The second-order valence-corrected chi connectivity index (χ2v) is 4.83. The van der Waals surface area contributed by atoms with Crippen molar-refractivity contribution in [3.63, 3.8) is 0 Å². The lowest BCUT2D eigenvalue weighted by Gasteiger charge is -2.08. The van der Waals surface area contributed by atoms with Crippen molar-refractivity contribution in [3.8, 4) is 0 Å². The van der Waals surface area contributed by atoms with Gasteiger partial charge in [0.15, 0.2) is 0 Å². The number of aryl methyl sites for hydroxylation is 1. The number of imidazole rings is 1. The molecule has 7 heteroatoms. The summed E-state index contributed by atoms with van der Waals surface area (Å²) in [6, 6.07) is 7.01. The van der Waals surface area contributed by atoms with Gasteiger partial charge in [-0.1, -0.05) is 6.07 Å². The molecule has 0 saturated heterocycles. The fourth-order valence-electron chi connectivity index (χ4n) is 1.98. The lowest BCUT2D eigenvalue weighted by molar-refractivity contribution is 0.0459. The molecule has 0 spiro atoms. The summed E-state index contributed by atoms with van der Waals surface area (Å²) in [6.07, 6.45) is 8.25. The highest BCUT2D eigenvalue weighted by Gasteiger charge is 2.10. The molecule has 1 N–H and O–H groups in total. The van der Waals surface area contributed by atoms with Gasteiger partial charge in [-0.2, -0.15) is 0 Å². The third kappa shape index (κ3) is 3.70. The highest BCUT2D eigenvalue weighted by atomic mass is 16.5. The van der Waals surface area contributed by atoms with E-state index in [-0.39, 0.29) is 6.61 Å². The molecule has 3 rings (SSSR count). The van der Waals surface area contributed by atoms with E-state index >= 15 is 0 Å². The lowest BCUT2D eigenvalue weighted by Crippen LogP contribution is -2.08. The van der Waals surface area contributed by atoms with Gasteiger partial charge in [-0.15, -0.1) is 0 Å². The third-order valence-electron chi connectivity index (χ3n) is 3.19. The number of rotatable bonds is 5. The molecule has 0 radical (unpaired) electrons. The Morgan fingerprint density at radius 3 is 2.91 bits per heavy atom. The van der Waals surface area contributed by atoms with Crippen molar-refractivity contribution in [2.24, 2.45) is 7.05 Å². The molecule has 116 valence electrons. The summed E-state index contributed by atoms with van der Waals surface area (Å²) < 4.78 is 7.09. The van der Waals surface area contributed by atoms with Crippen LogP contribution in [0, 0.1) is 0 Å². The Hall–Kier alpha value is -3.22. The number of anilines is 2. The molecule has 0 aliphatic heterocycles. The van der Waals surface area contributed by atoms with Crippen LogP contribution >= 0.6 is 0 Å². The number of aromatic nitrogens is 4. The fourth-order valence-corrected chi connectivity index (χ4v) is 1.98. The number of esters is 1. The number of benzene rings is 1. The Morgan fingerprint density at radius 2 is 2.17 bits per heavy atom. The minimum absolute atomic E-state index is 0.129. The van der Waals surface area contributed by atoms with Crippen LogP contribution in [0.1, 0.15) is 16.2 Å². The van der Waals surface area contributed by atoms with E-state index in [1.54, 1.807) is 53.8 Å². The predicted molar refractivity (Wildman–Crippen MR) is 84.1 cm³/mol. The maximum atomic E-state index is 12.1. The summed E-state index contributed by atoms with van der Waals surface area (Å²) in [5, 5.41) is 3.08. The van der Waals surface area contributed by atoms with E-state index in [1.807, 2.05) is 13.1 Å². The largest absolute Gasteiger partial charge is 0.454 e. The Balaban J connectivity index is 1.67. The second kappa shape index (κ2) is 6.69. The second-order valence-electron chi connectivity index (χ2n) is 4.83. The molecular formula is C16H15N5O2. The van der Waals surface area contributed by atoms with Crippen molar-refractivity contribution in [2.45, 2.75) is 6.61 Å². The third-order valence-corrected chi connectivity index (χ3v) is 3.19. The standard InChI is InChI=1S/C16H15N5O2/c1-21-8-7-19-15(21)11-23-16(22)12-3-2-4-13(9-12)20-14-10-17-5-6-18-14/h2-10H,11H2,1H3,(H,18,20). The molecule has 2 heterocycles. The summed E-state index contributed by atoms with van der Waals surface area (Å²) in [7, 11) is 1.85. The van der Waals surface area contributed by atoms with Crippen molar-refractivity contribution in [1.29, 1.82) is 0 Å². The highest BCUT2D eigenvalue weighted by Crippen LogP contribution is 2.16. The van der Waals surface area contributed by atoms with Crippen LogP contribution in [0.2, 0.25) is 0 Å². The van der Waals surface area contributed by atoms with Gasteiger partial charge in [0.25, 0.3) is 0 Å². The monoisotopic (exact) mass is 309 g/mol. The first-order chi connectivity index (χ1) is 11.2. The van der Waals surface area contributed by atoms with Crippen molar-refractivity contribution < 1.29 is 9.53 Å². The number of ether oxygens (including phenoxy) is 1. The summed E-state index contributed by atoms with van der Waals surface area (Å²) in [4.78, 5) is 24.4. The first kappa shape index (κ1) is 14.7. The average Bonchev–Trinajstić information content (AvgIpc) is 2.99. The minimum Gasteiger partial charge on any atom is -0.454 e. The molecule has 0 unspecified atom stereocenters. The zero-order valence-electron chi connectivity index (χ0n) is 12.5. The molecule has 23 heavy (non-hydrogen) atoms. The van der Waals surface area contributed by atoms with Gasteiger partial charge in [-0.05, 0) is 18.2 Å². The Kier molecular flexibility index (Phi) is 4.28. The van der Waals surface area contributed by atoms with Crippen molar-refractivity contribution >= 4 is 17.5 Å². The molecule has 0 atom stereocenters. The number of hydrogen-bond acceptors (Lipinski definition) is 6. The van der Waals surface area contributed by atoms with Gasteiger partial charge in [-0.3, -0.25) is 4.98 Å². The molecule has 0 aliphatic rings. The van der Waals surface area contributed by atoms with Crippen molar-refractivity contribution in [1.82, 2.24) is 19.5 Å². The molecule has 0 aliphatic carbocycles. The Bertz CT molecular complexity index is 801. The van der Waals surface area contributed by atoms with Gasteiger partial charge in [0.1, 0.15) is 18.2 Å². The number of hydrogen-bond donors (Lipinski definition) is 1. The van der Waals surface area contributed by atoms with Gasteiger partial charge < -0.3 is 14.6 Å². The summed E-state index contributed by atoms with van der Waals surface area (Å²) in [5.74, 6) is 0.883. The summed E-state index contributed by atoms with van der Waals surface area (Å²) in [6.45, 7) is 0.129. The Labute approximate surface area is 133 Å². The minimum atomic E-state index is -0.407. The van der Waals surface area contributed by atoms with E-state index in [0.29, 0.717) is 17.2 Å². The van der Waals surface area contributed by atoms with E-state index in [1.165, 1.54) is 0 Å². The van der Waals surface area contributed by atoms with E-state index < -0.39 is 5.97 Å². The van der Waals surface area contributed by atoms with Crippen LogP contribution < -0.4 is 5.32 Å². The van der Waals surface area contributed by atoms with E-state index in [9.17, 15) is 4.79 Å². The quantitative estimate of drug-likeness (QED) is 0.728. The van der Waals surface area contributed by atoms with Gasteiger partial charge in [0.05, 0.1) is 11.8 Å². The molecular weight excluding hydrogens is 294 g/mol. The molecule has 2 aromatic heterocycles. The van der Waals surface area contributed by atoms with Gasteiger partial charge in [0.2, 0.25) is 0 Å². The van der Waals surface area contributed by atoms with Gasteiger partial charge >= 0.3 is 5.97 Å². The van der Waals surface area contributed by atoms with Crippen LogP contribution in [0.25, 0.3) is 0 Å². The SMILES string of the molecule is Cn1ccnc1COC(=O)c1cccc(Nc2cnccn2)c1. The topological polar surface area (TPSA) is 81.9 Å². The normalized spacial score (nSPS) is 10.3. The maximum Gasteiger partial charge on any atom is 0.338 e. The first-order valence-electron chi connectivity index (χ1n) is 6.99. The van der Waals surface area contributed by atoms with Gasteiger partial charge in [-0.25, -0.2) is 14.8 Å². The van der Waals surface area contributed by atoms with Crippen LogP contribution in [0.15, 0.2) is 55.2 Å². The van der Waals surface area contributed by atoms with Crippen LogP contribution in [0.5, 0.6) is 0 Å². The number of carbonyl (C=O) groups excluding carboxylic acids is 1. The smallest absolute Gasteiger partial charge is 0.338 e. The zero-order chi connectivity index (χ0) is 16.1. The summed E-state index contributed by atoms with van der Waals surface area (Å²) in [5.41, 5.74) is 1.19.